The molecule has 0 aromatic carbocycles. The van der Waals surface area contributed by atoms with Crippen molar-refractivity contribution in [1.82, 2.24) is 4.31 Å². The Balaban J connectivity index is 2.77. The van der Waals surface area contributed by atoms with Gasteiger partial charge in [0.1, 0.15) is 0 Å². The quantitative estimate of drug-likeness (QED) is 0.436. The van der Waals surface area contributed by atoms with Gasteiger partial charge in [-0.25, -0.2) is 8.42 Å². The molecule has 0 bridgehead atoms. The maximum atomic E-state index is 11.9. The van der Waals surface area contributed by atoms with Crippen LogP contribution >= 0.6 is 22.6 Å². The highest BCUT2D eigenvalue weighted by molar-refractivity contribution is 14.1. The number of sulfonamides is 1. The molecule has 3 atom stereocenters. The molecule has 78 valence electrons. The Labute approximate surface area is 87.5 Å². The van der Waals surface area contributed by atoms with Gasteiger partial charge < -0.3 is 0 Å². The minimum Gasteiger partial charge on any atom is -0.203 e. The molecule has 0 spiro atoms. The van der Waals surface area contributed by atoms with Gasteiger partial charge >= 0.3 is 15.5 Å². The van der Waals surface area contributed by atoms with E-state index in [0.29, 0.717) is 4.31 Å². The molecule has 0 amide bonds. The zero-order valence-electron chi connectivity index (χ0n) is 6.55. The Bertz CT molecular complexity index is 299. The molecule has 3 nitrogen and oxygen atoms in total. The molecule has 1 unspecified atom stereocenters. The highest BCUT2D eigenvalue weighted by Crippen LogP contribution is 2.37. The summed E-state index contributed by atoms with van der Waals surface area (Å²) in [7, 11) is -5.07. The molecule has 1 saturated heterocycles. The first-order valence-corrected chi connectivity index (χ1v) is 6.08. The number of alkyl halides is 4. The minimum atomic E-state index is -5.16. The van der Waals surface area contributed by atoms with Gasteiger partial charge in [0, 0.05) is 10.5 Å². The molecule has 1 aliphatic rings. The summed E-state index contributed by atoms with van der Waals surface area (Å²) in [4.78, 5) is 0. The lowest BCUT2D eigenvalue weighted by Crippen LogP contribution is -2.31. The molecule has 0 radical (unpaired) electrons. The van der Waals surface area contributed by atoms with E-state index in [-0.39, 0.29) is 10.5 Å². The Morgan fingerprint density at radius 1 is 1.54 bits per heavy atom. The summed E-state index contributed by atoms with van der Waals surface area (Å²) >= 11 is 1.90. The molecule has 0 aromatic rings. The van der Waals surface area contributed by atoms with Crippen molar-refractivity contribution in [2.75, 3.05) is 6.54 Å². The van der Waals surface area contributed by atoms with Crippen LogP contribution in [0.1, 0.15) is 6.92 Å². The second-order valence-corrected chi connectivity index (χ2v) is 6.61. The van der Waals surface area contributed by atoms with Crippen molar-refractivity contribution in [1.29, 1.82) is 0 Å². The van der Waals surface area contributed by atoms with E-state index < -0.39 is 21.6 Å². The first-order valence-electron chi connectivity index (χ1n) is 3.40. The third-order valence-corrected chi connectivity index (χ3v) is 4.19. The highest BCUT2D eigenvalue weighted by Gasteiger charge is 2.58. The average Bonchev–Trinajstić information content (AvgIpc) is 2.60. The Morgan fingerprint density at radius 2 is 2.00 bits per heavy atom. The molecule has 1 rings (SSSR count). The molecule has 1 heterocycles. The number of rotatable bonds is 2. The van der Waals surface area contributed by atoms with Gasteiger partial charge in [-0.2, -0.15) is 17.5 Å². The lowest BCUT2D eigenvalue weighted by molar-refractivity contribution is -0.0467. The van der Waals surface area contributed by atoms with Crippen molar-refractivity contribution in [3.8, 4) is 0 Å². The van der Waals surface area contributed by atoms with Crippen LogP contribution in [0.4, 0.5) is 13.2 Å². The second kappa shape index (κ2) is 3.23. The van der Waals surface area contributed by atoms with Crippen LogP contribution in [0.25, 0.3) is 0 Å². The van der Waals surface area contributed by atoms with E-state index >= 15 is 0 Å². The van der Waals surface area contributed by atoms with Gasteiger partial charge in [-0.1, -0.05) is 29.5 Å². The molecule has 13 heavy (non-hydrogen) atoms. The van der Waals surface area contributed by atoms with E-state index in [2.05, 4.69) is 0 Å². The fraction of sp³-hybridized carbons (Fsp3) is 1.00. The van der Waals surface area contributed by atoms with Crippen LogP contribution in [-0.2, 0) is 10.0 Å². The largest absolute Gasteiger partial charge is 0.511 e. The molecular weight excluding hydrogens is 322 g/mol. The van der Waals surface area contributed by atoms with E-state index in [4.69, 9.17) is 0 Å². The zero-order valence-corrected chi connectivity index (χ0v) is 9.52. The van der Waals surface area contributed by atoms with Crippen molar-refractivity contribution >= 4 is 32.6 Å². The highest BCUT2D eigenvalue weighted by atomic mass is 127. The van der Waals surface area contributed by atoms with Crippen molar-refractivity contribution in [2.24, 2.45) is 0 Å². The molecule has 1 aliphatic heterocycles. The van der Waals surface area contributed by atoms with Crippen molar-refractivity contribution < 1.29 is 21.6 Å². The first-order chi connectivity index (χ1) is 5.68. The molecule has 8 heteroatoms. The summed E-state index contributed by atoms with van der Waals surface area (Å²) in [5, 5.41) is 0. The molecular formula is C5H7F3INO2S. The van der Waals surface area contributed by atoms with Gasteiger partial charge in [-0.3, -0.25) is 0 Å². The summed E-state index contributed by atoms with van der Waals surface area (Å²) < 4.78 is 57.6. The second-order valence-electron chi connectivity index (χ2n) is 2.77. The van der Waals surface area contributed by atoms with Gasteiger partial charge in [-0.05, 0) is 0 Å². The van der Waals surface area contributed by atoms with Gasteiger partial charge in [0.25, 0.3) is 0 Å². The first kappa shape index (κ1) is 11.5. The van der Waals surface area contributed by atoms with E-state index in [1.165, 1.54) is 0 Å². The Kier molecular flexibility index (Phi) is 2.86. The Hall–Kier alpha value is 0.430. The summed E-state index contributed by atoms with van der Waals surface area (Å²) in [6.45, 7) is 1.66. The van der Waals surface area contributed by atoms with Crippen LogP contribution in [0.15, 0.2) is 0 Å². The number of hydrogen-bond acceptors (Lipinski definition) is 2. The monoisotopic (exact) mass is 329 g/mol. The molecule has 0 N–H and O–H groups in total. The fourth-order valence-electron chi connectivity index (χ4n) is 0.921. The van der Waals surface area contributed by atoms with Crippen molar-refractivity contribution in [2.45, 2.75) is 22.4 Å². The summed E-state index contributed by atoms with van der Waals surface area (Å²) in [5.41, 5.74) is -5.16. The van der Waals surface area contributed by atoms with E-state index in [9.17, 15) is 21.6 Å². The Morgan fingerprint density at radius 3 is 2.23 bits per heavy atom. The van der Waals surface area contributed by atoms with E-state index in [1.807, 2.05) is 22.6 Å². The number of nitrogens with zero attached hydrogens (tertiary/aromatic N) is 1. The smallest absolute Gasteiger partial charge is 0.203 e. The zero-order chi connectivity index (χ0) is 10.4. The summed E-state index contributed by atoms with van der Waals surface area (Å²) in [6.07, 6.45) is 0. The van der Waals surface area contributed by atoms with Crippen molar-refractivity contribution in [3.63, 3.8) is 0 Å². The number of hydrogen-bond donors (Lipinski definition) is 0. The summed E-state index contributed by atoms with van der Waals surface area (Å²) in [6, 6.07) is -0.493. The normalized spacial score (nSPS) is 31.5. The van der Waals surface area contributed by atoms with Crippen LogP contribution in [0.3, 0.4) is 0 Å². The molecule has 1 fully saturated rings. The predicted octanol–water partition coefficient (Wildman–Crippen LogP) is 1.34. The predicted molar refractivity (Wildman–Crippen MR) is 49.0 cm³/mol. The maximum Gasteiger partial charge on any atom is 0.511 e. The van der Waals surface area contributed by atoms with Crippen LogP contribution in [-0.4, -0.2) is 34.7 Å². The third-order valence-electron chi connectivity index (χ3n) is 1.73. The van der Waals surface area contributed by atoms with Crippen LogP contribution in [0.5, 0.6) is 0 Å². The van der Waals surface area contributed by atoms with Crippen LogP contribution < -0.4 is 0 Å². The van der Waals surface area contributed by atoms with Crippen LogP contribution in [0.2, 0.25) is 0 Å². The standard InChI is InChI=1S/C5H7F3INO2S/c1-3(9)4-2-10(4)13(11,12)5(6,7)8/h3-4H,2H2,1H3/t3-,4-,10?/m0/s1. The molecule has 0 saturated carbocycles. The molecule has 0 aromatic heterocycles. The van der Waals surface area contributed by atoms with E-state index in [0.717, 1.165) is 0 Å². The minimum absolute atomic E-state index is 0.0219. The summed E-state index contributed by atoms with van der Waals surface area (Å²) in [5.74, 6) is 0. The third kappa shape index (κ3) is 2.09. The van der Waals surface area contributed by atoms with Crippen molar-refractivity contribution in [3.05, 3.63) is 0 Å². The SMILES string of the molecule is C[C@H](I)[C@@H]1CN1S(=O)(=O)C(F)(F)F. The van der Waals surface area contributed by atoms with Gasteiger partial charge in [0.2, 0.25) is 0 Å². The lowest BCUT2D eigenvalue weighted by Gasteiger charge is -2.09. The topological polar surface area (TPSA) is 37.1 Å². The lowest BCUT2D eigenvalue weighted by atomic mass is 10.4. The fourth-order valence-corrected chi connectivity index (χ4v) is 2.91. The maximum absolute atomic E-state index is 11.9. The van der Waals surface area contributed by atoms with E-state index in [1.54, 1.807) is 6.92 Å². The molecule has 0 aliphatic carbocycles. The van der Waals surface area contributed by atoms with Crippen LogP contribution in [0, 0.1) is 0 Å². The van der Waals surface area contributed by atoms with Gasteiger partial charge in [-0.15, -0.1) is 0 Å². The van der Waals surface area contributed by atoms with Gasteiger partial charge in [0.15, 0.2) is 0 Å². The van der Waals surface area contributed by atoms with Gasteiger partial charge in [0.05, 0.1) is 6.04 Å². The average molecular weight is 329 g/mol. The number of halogens is 4.